The van der Waals surface area contributed by atoms with Gasteiger partial charge in [-0.1, -0.05) is 78.9 Å². The van der Waals surface area contributed by atoms with Crippen LogP contribution in [0.5, 0.6) is 11.5 Å². The van der Waals surface area contributed by atoms with Gasteiger partial charge in [-0.15, -0.1) is 0 Å². The maximum atomic E-state index is 10.7. The Morgan fingerprint density at radius 3 is 1.90 bits per heavy atom. The highest BCUT2D eigenvalue weighted by Crippen LogP contribution is 2.44. The third kappa shape index (κ3) is 3.72. The molecular weight excluding hydrogens is 384 g/mol. The Hall–Kier alpha value is -3.82. The molecule has 5 aromatic carbocycles. The number of fused-ring (bicyclic) bond motifs is 2. The van der Waals surface area contributed by atoms with E-state index in [1.165, 1.54) is 0 Å². The zero-order valence-corrected chi connectivity index (χ0v) is 17.0. The Bertz CT molecular complexity index is 1370. The fourth-order valence-corrected chi connectivity index (χ4v) is 4.10. The normalized spacial score (nSPS) is 11.2. The van der Waals surface area contributed by atoms with Crippen LogP contribution in [0.25, 0.3) is 32.7 Å². The van der Waals surface area contributed by atoms with Crippen LogP contribution in [0.3, 0.4) is 0 Å². The van der Waals surface area contributed by atoms with Gasteiger partial charge in [0.25, 0.3) is 0 Å². The van der Waals surface area contributed by atoms with Crippen molar-refractivity contribution in [3.05, 3.63) is 108 Å². The Kier molecular flexibility index (Phi) is 5.03. The lowest BCUT2D eigenvalue weighted by atomic mass is 9.92. The molecule has 0 atom stereocenters. The van der Waals surface area contributed by atoms with E-state index in [1.54, 1.807) is 12.1 Å². The highest BCUT2D eigenvalue weighted by molar-refractivity contribution is 6.09. The van der Waals surface area contributed by atoms with Crippen LogP contribution in [0.1, 0.15) is 11.1 Å². The number of benzene rings is 5. The number of rotatable bonds is 5. The van der Waals surface area contributed by atoms with E-state index < -0.39 is 0 Å². The molecule has 31 heavy (non-hydrogen) atoms. The summed E-state index contributed by atoms with van der Waals surface area (Å²) >= 11 is 0. The summed E-state index contributed by atoms with van der Waals surface area (Å²) in [5.41, 5.74) is 3.49. The zero-order chi connectivity index (χ0) is 21.2. The third-order valence-corrected chi connectivity index (χ3v) is 5.60. The smallest absolute Gasteiger partial charge is 0.124 e. The SMILES string of the molecule is Oc1ccc2ccccc2c1-c1c(O)ccc2cc(COCc3ccccc3)ccc12. The monoisotopic (exact) mass is 406 g/mol. The minimum Gasteiger partial charge on any atom is -0.507 e. The van der Waals surface area contributed by atoms with E-state index in [-0.39, 0.29) is 11.5 Å². The lowest BCUT2D eigenvalue weighted by Crippen LogP contribution is -1.94. The zero-order valence-electron chi connectivity index (χ0n) is 17.0. The molecule has 3 heteroatoms. The highest BCUT2D eigenvalue weighted by Gasteiger charge is 2.16. The Balaban J connectivity index is 1.53. The molecule has 0 heterocycles. The Morgan fingerprint density at radius 1 is 0.516 bits per heavy atom. The van der Waals surface area contributed by atoms with Gasteiger partial charge in [0.2, 0.25) is 0 Å². The van der Waals surface area contributed by atoms with Crippen LogP contribution in [0.2, 0.25) is 0 Å². The molecule has 0 aliphatic carbocycles. The van der Waals surface area contributed by atoms with Crippen molar-refractivity contribution in [2.45, 2.75) is 13.2 Å². The van der Waals surface area contributed by atoms with E-state index in [9.17, 15) is 10.2 Å². The molecule has 5 rings (SSSR count). The molecule has 0 aliphatic heterocycles. The van der Waals surface area contributed by atoms with Gasteiger partial charge in [-0.05, 0) is 50.9 Å². The molecule has 0 unspecified atom stereocenters. The Morgan fingerprint density at radius 2 is 1.13 bits per heavy atom. The molecule has 0 saturated heterocycles. The standard InChI is InChI=1S/C28H22O3/c29-25-14-11-21-8-4-5-9-23(21)27(25)28-24-13-10-20(16-22(24)12-15-26(28)30)18-31-17-19-6-2-1-3-7-19/h1-16,29-30H,17-18H2. The van der Waals surface area contributed by atoms with Gasteiger partial charge in [-0.25, -0.2) is 0 Å². The molecule has 152 valence electrons. The molecule has 0 aliphatic rings. The van der Waals surface area contributed by atoms with E-state index in [4.69, 9.17) is 4.74 Å². The van der Waals surface area contributed by atoms with Gasteiger partial charge in [0.1, 0.15) is 11.5 Å². The van der Waals surface area contributed by atoms with Gasteiger partial charge in [-0.2, -0.15) is 0 Å². The van der Waals surface area contributed by atoms with Crippen molar-refractivity contribution in [2.24, 2.45) is 0 Å². The van der Waals surface area contributed by atoms with Crippen LogP contribution >= 0.6 is 0 Å². The summed E-state index contributed by atoms with van der Waals surface area (Å²) in [6, 6.07) is 31.2. The summed E-state index contributed by atoms with van der Waals surface area (Å²) in [6.45, 7) is 1.06. The first-order valence-electron chi connectivity index (χ1n) is 10.3. The second kappa shape index (κ2) is 8.13. The van der Waals surface area contributed by atoms with Gasteiger partial charge in [-0.3, -0.25) is 0 Å². The van der Waals surface area contributed by atoms with E-state index in [0.29, 0.717) is 24.3 Å². The predicted octanol–water partition coefficient (Wildman–Crippen LogP) is 6.79. The molecule has 5 aromatic rings. The van der Waals surface area contributed by atoms with Gasteiger partial charge < -0.3 is 14.9 Å². The first kappa shape index (κ1) is 19.2. The van der Waals surface area contributed by atoms with Crippen molar-refractivity contribution >= 4 is 21.5 Å². The molecule has 2 N–H and O–H groups in total. The first-order chi connectivity index (χ1) is 15.2. The summed E-state index contributed by atoms with van der Waals surface area (Å²) in [5.74, 6) is 0.295. The van der Waals surface area contributed by atoms with Crippen molar-refractivity contribution in [1.82, 2.24) is 0 Å². The fraction of sp³-hybridized carbons (Fsp3) is 0.0714. The molecule has 0 amide bonds. The maximum Gasteiger partial charge on any atom is 0.124 e. The molecular formula is C28H22O3. The summed E-state index contributed by atoms with van der Waals surface area (Å²) in [5, 5.41) is 25.2. The lowest BCUT2D eigenvalue weighted by molar-refractivity contribution is 0.107. The van der Waals surface area contributed by atoms with E-state index in [1.807, 2.05) is 78.9 Å². The minimum atomic E-state index is 0.146. The van der Waals surface area contributed by atoms with Crippen LogP contribution in [0.4, 0.5) is 0 Å². The van der Waals surface area contributed by atoms with Gasteiger partial charge in [0.15, 0.2) is 0 Å². The summed E-state index contributed by atoms with van der Waals surface area (Å²) < 4.78 is 5.88. The van der Waals surface area contributed by atoms with Gasteiger partial charge in [0, 0.05) is 11.1 Å². The van der Waals surface area contributed by atoms with Crippen molar-refractivity contribution in [3.63, 3.8) is 0 Å². The van der Waals surface area contributed by atoms with Gasteiger partial charge >= 0.3 is 0 Å². The molecule has 0 radical (unpaired) electrons. The second-order valence-corrected chi connectivity index (χ2v) is 7.67. The summed E-state index contributed by atoms with van der Waals surface area (Å²) in [6.07, 6.45) is 0. The van der Waals surface area contributed by atoms with E-state index >= 15 is 0 Å². The molecule has 0 bridgehead atoms. The van der Waals surface area contributed by atoms with Crippen LogP contribution in [-0.2, 0) is 18.0 Å². The molecule has 0 aromatic heterocycles. The van der Waals surface area contributed by atoms with Crippen LogP contribution in [-0.4, -0.2) is 10.2 Å². The number of phenolic OH excluding ortho intramolecular Hbond substituents is 2. The topological polar surface area (TPSA) is 49.7 Å². The quantitative estimate of drug-likeness (QED) is 0.338. The number of phenols is 2. The van der Waals surface area contributed by atoms with Crippen molar-refractivity contribution in [2.75, 3.05) is 0 Å². The largest absolute Gasteiger partial charge is 0.507 e. The van der Waals surface area contributed by atoms with Gasteiger partial charge in [0.05, 0.1) is 13.2 Å². The van der Waals surface area contributed by atoms with Crippen molar-refractivity contribution in [3.8, 4) is 22.6 Å². The summed E-state index contributed by atoms with van der Waals surface area (Å²) in [4.78, 5) is 0. The fourth-order valence-electron chi connectivity index (χ4n) is 4.10. The lowest BCUT2D eigenvalue weighted by Gasteiger charge is -2.15. The van der Waals surface area contributed by atoms with Crippen LogP contribution in [0, 0.1) is 0 Å². The molecule has 3 nitrogen and oxygen atoms in total. The Labute approximate surface area is 180 Å². The number of ether oxygens (including phenoxy) is 1. The number of hydrogen-bond acceptors (Lipinski definition) is 3. The van der Waals surface area contributed by atoms with E-state index in [2.05, 4.69) is 6.07 Å². The highest BCUT2D eigenvalue weighted by atomic mass is 16.5. The average molecular weight is 406 g/mol. The van der Waals surface area contributed by atoms with Crippen molar-refractivity contribution < 1.29 is 14.9 Å². The van der Waals surface area contributed by atoms with Crippen molar-refractivity contribution in [1.29, 1.82) is 0 Å². The minimum absolute atomic E-state index is 0.146. The second-order valence-electron chi connectivity index (χ2n) is 7.67. The van der Waals surface area contributed by atoms with Crippen LogP contribution in [0.15, 0.2) is 97.1 Å². The number of aromatic hydroxyl groups is 2. The average Bonchev–Trinajstić information content (AvgIpc) is 2.80. The molecule has 0 saturated carbocycles. The summed E-state index contributed by atoms with van der Waals surface area (Å²) in [7, 11) is 0. The molecule has 0 fully saturated rings. The van der Waals surface area contributed by atoms with E-state index in [0.717, 1.165) is 32.7 Å². The number of hydrogen-bond donors (Lipinski definition) is 2. The van der Waals surface area contributed by atoms with Crippen LogP contribution < -0.4 is 0 Å². The maximum absolute atomic E-state index is 10.7. The first-order valence-corrected chi connectivity index (χ1v) is 10.3. The third-order valence-electron chi connectivity index (χ3n) is 5.60. The molecule has 0 spiro atoms. The predicted molar refractivity (Wildman–Crippen MR) is 125 cm³/mol.